The molecule has 0 radical (unpaired) electrons. The second-order valence-electron chi connectivity index (χ2n) is 11.4. The molecule has 0 bridgehead atoms. The Balaban J connectivity index is 0.000000681. The maximum absolute atomic E-state index is 12.0. The van der Waals surface area contributed by atoms with Gasteiger partial charge in [-0.05, 0) is 82.3 Å². The van der Waals surface area contributed by atoms with E-state index in [2.05, 4.69) is 80.7 Å². The van der Waals surface area contributed by atoms with E-state index in [0.29, 0.717) is 0 Å². The first-order chi connectivity index (χ1) is 18.8. The molecule has 6 heteroatoms. The summed E-state index contributed by atoms with van der Waals surface area (Å²) in [4.78, 5) is 12.0. The maximum Gasteiger partial charge on any atom is 0.307 e. The third-order valence-electron chi connectivity index (χ3n) is 7.00. The number of hydrogen-bond donors (Lipinski definition) is 2. The minimum atomic E-state index is -0.823. The fraction of sp³-hybridized carbons (Fsp3) is 0.324. The van der Waals surface area contributed by atoms with E-state index < -0.39 is 11.6 Å². The van der Waals surface area contributed by atoms with Crippen molar-refractivity contribution in [1.29, 1.82) is 0 Å². The predicted molar refractivity (Wildman–Crippen MR) is 167 cm³/mol. The lowest BCUT2D eigenvalue weighted by Gasteiger charge is -2.37. The van der Waals surface area contributed by atoms with Crippen molar-refractivity contribution in [3.63, 3.8) is 0 Å². The Kier molecular flexibility index (Phi) is 8.52. The van der Waals surface area contributed by atoms with Gasteiger partial charge in [0.2, 0.25) is 0 Å². The first kappa shape index (κ1) is 29.5. The Morgan fingerprint density at radius 1 is 0.950 bits per heavy atom. The molecule has 1 atom stereocenters. The van der Waals surface area contributed by atoms with E-state index in [4.69, 9.17) is 9.52 Å². The molecule has 40 heavy (non-hydrogen) atoms. The molecule has 210 valence electrons. The molecular formula is C34H39NO4S. The number of anilines is 1. The molecule has 0 fully saturated rings. The van der Waals surface area contributed by atoms with Crippen LogP contribution in [-0.2, 0) is 11.2 Å². The predicted octanol–water partition coefficient (Wildman–Crippen LogP) is 8.77. The Bertz CT molecular complexity index is 1510. The van der Waals surface area contributed by atoms with Gasteiger partial charge < -0.3 is 18.9 Å². The van der Waals surface area contributed by atoms with Gasteiger partial charge in [0.25, 0.3) is 0 Å². The number of carboxylic acid groups (broad SMARTS) is 1. The molecule has 1 aromatic heterocycles. The zero-order valence-electron chi connectivity index (χ0n) is 24.6. The van der Waals surface area contributed by atoms with Crippen LogP contribution in [0.15, 0.2) is 65.1 Å². The molecule has 0 amide bonds. The molecule has 0 spiro atoms. The van der Waals surface area contributed by atoms with E-state index >= 15 is 0 Å². The van der Waals surface area contributed by atoms with Crippen LogP contribution in [0, 0.1) is 20.8 Å². The lowest BCUT2D eigenvalue weighted by atomic mass is 9.81. The van der Waals surface area contributed by atoms with Crippen LogP contribution < -0.4 is 4.31 Å². The number of benzene rings is 3. The van der Waals surface area contributed by atoms with Crippen molar-refractivity contribution in [3.8, 4) is 33.6 Å². The topological polar surface area (TPSA) is 73.9 Å². The van der Waals surface area contributed by atoms with E-state index in [0.717, 1.165) is 61.7 Å². The van der Waals surface area contributed by atoms with Crippen molar-refractivity contribution in [2.45, 2.75) is 66.5 Å². The lowest BCUT2D eigenvalue weighted by Crippen LogP contribution is -2.25. The van der Waals surface area contributed by atoms with Gasteiger partial charge in [-0.25, -0.2) is 0 Å². The molecule has 0 unspecified atom stereocenters. The smallest absolute Gasteiger partial charge is 0.307 e. The summed E-state index contributed by atoms with van der Waals surface area (Å²) >= 11 is 1.65. The van der Waals surface area contributed by atoms with Gasteiger partial charge in [-0.3, -0.25) is 4.79 Å². The minimum Gasteiger partial charge on any atom is -0.481 e. The van der Waals surface area contributed by atoms with Gasteiger partial charge in [-0.15, -0.1) is 0 Å². The standard InChI is InChI=1S/C30H29NO3S.C4H10O/c1-17-11-13-22(14-12-17)27-19(3)28-24-15-25(21-9-7-6-8-10-21)34-30(24)20(4)31(35-5)29(28)18(2)23(27)16-26(32)33;1-4(2,3)5/h6-15,20H,16H2,1-5H3,(H,32,33);5H,1-3H3/t20-;/m0./s1. The number of nitrogens with zero attached hydrogens (tertiary/aromatic N) is 1. The summed E-state index contributed by atoms with van der Waals surface area (Å²) < 4.78 is 8.76. The highest BCUT2D eigenvalue weighted by atomic mass is 32.2. The first-order valence-corrected chi connectivity index (χ1v) is 14.7. The second-order valence-corrected chi connectivity index (χ2v) is 12.1. The van der Waals surface area contributed by atoms with Gasteiger partial charge >= 0.3 is 5.97 Å². The Hall–Kier alpha value is -3.48. The molecule has 0 aliphatic carbocycles. The summed E-state index contributed by atoms with van der Waals surface area (Å²) in [6, 6.07) is 20.7. The Morgan fingerprint density at radius 2 is 1.55 bits per heavy atom. The molecule has 0 saturated heterocycles. The molecule has 4 aromatic rings. The Labute approximate surface area is 242 Å². The van der Waals surface area contributed by atoms with Crippen LogP contribution in [0.25, 0.3) is 33.6 Å². The van der Waals surface area contributed by atoms with Gasteiger partial charge in [0.05, 0.1) is 23.8 Å². The highest BCUT2D eigenvalue weighted by Gasteiger charge is 2.36. The average molecular weight is 558 g/mol. The molecule has 1 aliphatic heterocycles. The molecule has 2 heterocycles. The summed E-state index contributed by atoms with van der Waals surface area (Å²) in [6.45, 7) is 13.6. The van der Waals surface area contributed by atoms with E-state index in [9.17, 15) is 9.90 Å². The van der Waals surface area contributed by atoms with Crippen LogP contribution in [-0.4, -0.2) is 28.0 Å². The van der Waals surface area contributed by atoms with Crippen LogP contribution >= 0.6 is 11.9 Å². The molecule has 1 aliphatic rings. The summed E-state index contributed by atoms with van der Waals surface area (Å²) in [5.41, 5.74) is 10.0. The highest BCUT2D eigenvalue weighted by Crippen LogP contribution is 2.55. The second kappa shape index (κ2) is 11.6. The number of carbonyl (C=O) groups is 1. The van der Waals surface area contributed by atoms with Crippen LogP contribution in [0.3, 0.4) is 0 Å². The number of furan rings is 1. The van der Waals surface area contributed by atoms with E-state index in [1.54, 1.807) is 32.7 Å². The van der Waals surface area contributed by atoms with Crippen LogP contribution in [0.1, 0.15) is 61.8 Å². The number of rotatable bonds is 5. The van der Waals surface area contributed by atoms with Gasteiger partial charge in [0, 0.05) is 22.9 Å². The highest BCUT2D eigenvalue weighted by molar-refractivity contribution is 8.00. The van der Waals surface area contributed by atoms with Crippen LogP contribution in [0.2, 0.25) is 0 Å². The molecule has 0 saturated carbocycles. The number of carboxylic acids is 1. The molecule has 2 N–H and O–H groups in total. The normalized spacial score (nSPS) is 14.2. The average Bonchev–Trinajstić information content (AvgIpc) is 3.33. The molecule has 3 aromatic carbocycles. The molecule has 5 nitrogen and oxygen atoms in total. The zero-order chi connectivity index (χ0) is 29.4. The number of hydrogen-bond acceptors (Lipinski definition) is 5. The van der Waals surface area contributed by atoms with E-state index in [1.807, 2.05) is 18.2 Å². The number of aliphatic carboxylic acids is 1. The first-order valence-electron chi connectivity index (χ1n) is 13.5. The summed E-state index contributed by atoms with van der Waals surface area (Å²) in [7, 11) is 0. The van der Waals surface area contributed by atoms with Crippen molar-refractivity contribution in [2.24, 2.45) is 0 Å². The van der Waals surface area contributed by atoms with E-state index in [-0.39, 0.29) is 12.5 Å². The monoisotopic (exact) mass is 557 g/mol. The van der Waals surface area contributed by atoms with Gasteiger partial charge in [-0.1, -0.05) is 72.1 Å². The number of fused-ring (bicyclic) bond motifs is 3. The lowest BCUT2D eigenvalue weighted by molar-refractivity contribution is -0.136. The van der Waals surface area contributed by atoms with Crippen molar-refractivity contribution in [1.82, 2.24) is 0 Å². The fourth-order valence-electron chi connectivity index (χ4n) is 5.34. The minimum absolute atomic E-state index is 0.00552. The van der Waals surface area contributed by atoms with Crippen molar-refractivity contribution >= 4 is 23.6 Å². The molecule has 5 rings (SSSR count). The maximum atomic E-state index is 12.0. The zero-order valence-corrected chi connectivity index (χ0v) is 25.4. The largest absolute Gasteiger partial charge is 0.481 e. The Morgan fingerprint density at radius 3 is 2.10 bits per heavy atom. The van der Waals surface area contributed by atoms with Crippen LogP contribution in [0.5, 0.6) is 0 Å². The van der Waals surface area contributed by atoms with E-state index in [1.165, 1.54) is 5.56 Å². The van der Waals surface area contributed by atoms with Crippen molar-refractivity contribution in [3.05, 3.63) is 88.7 Å². The summed E-state index contributed by atoms with van der Waals surface area (Å²) in [6.07, 6.45) is 2.04. The summed E-state index contributed by atoms with van der Waals surface area (Å²) in [5.74, 6) is 0.963. The number of aryl methyl sites for hydroxylation is 1. The van der Waals surface area contributed by atoms with Gasteiger partial charge in [0.1, 0.15) is 11.5 Å². The summed E-state index contributed by atoms with van der Waals surface area (Å²) in [5, 5.41) is 18.4. The van der Waals surface area contributed by atoms with Gasteiger partial charge in [0.15, 0.2) is 0 Å². The quantitative estimate of drug-likeness (QED) is 0.239. The van der Waals surface area contributed by atoms with Gasteiger partial charge in [-0.2, -0.15) is 0 Å². The SMILES string of the molecule is CC(C)(C)O.CSN1c2c(C)c(CC(=O)O)c(-c3ccc(C)cc3)c(C)c2-c2cc(-c3ccccc3)oc2[C@@H]1C. The van der Waals surface area contributed by atoms with Crippen molar-refractivity contribution < 1.29 is 19.4 Å². The third-order valence-corrected chi connectivity index (χ3v) is 7.89. The fourth-order valence-corrected chi connectivity index (χ4v) is 6.16. The third kappa shape index (κ3) is 5.98. The van der Waals surface area contributed by atoms with Crippen LogP contribution in [0.4, 0.5) is 5.69 Å². The number of aliphatic hydroxyl groups is 1. The molecular weight excluding hydrogens is 518 g/mol. The van der Waals surface area contributed by atoms with Crippen molar-refractivity contribution in [2.75, 3.05) is 10.6 Å².